The number of aromatic nitrogens is 1. The van der Waals surface area contributed by atoms with E-state index in [1.165, 1.54) is 17.4 Å². The number of nitrogens with zero attached hydrogens (tertiary/aromatic N) is 1. The molecule has 2 aromatic heterocycles. The molecule has 0 saturated carbocycles. The molecule has 0 amide bonds. The molecule has 2 aromatic rings. The van der Waals surface area contributed by atoms with Gasteiger partial charge in [-0.05, 0) is 29.1 Å². The summed E-state index contributed by atoms with van der Waals surface area (Å²) in [6, 6.07) is 5.08. The van der Waals surface area contributed by atoms with Crippen LogP contribution >= 0.6 is 11.3 Å². The van der Waals surface area contributed by atoms with Crippen LogP contribution in [0.2, 0.25) is 0 Å². The van der Waals surface area contributed by atoms with E-state index in [0.29, 0.717) is 12.2 Å². The van der Waals surface area contributed by atoms with Crippen molar-refractivity contribution in [2.75, 3.05) is 5.73 Å². The van der Waals surface area contributed by atoms with Crippen LogP contribution in [-0.4, -0.2) is 4.98 Å². The van der Waals surface area contributed by atoms with Crippen molar-refractivity contribution in [2.45, 2.75) is 6.42 Å². The lowest BCUT2D eigenvalue weighted by Gasteiger charge is -1.99. The average molecular weight is 208 g/mol. The van der Waals surface area contributed by atoms with Crippen LogP contribution in [0.15, 0.2) is 29.8 Å². The predicted octanol–water partition coefficient (Wildman–Crippen LogP) is 2.46. The van der Waals surface area contributed by atoms with Crippen molar-refractivity contribution >= 4 is 17.2 Å². The maximum Gasteiger partial charge on any atom is 0.137 e. The topological polar surface area (TPSA) is 38.9 Å². The summed E-state index contributed by atoms with van der Waals surface area (Å²) >= 11 is 1.41. The summed E-state index contributed by atoms with van der Waals surface area (Å²) in [6.07, 6.45) is 2.21. The quantitative estimate of drug-likeness (QED) is 0.823. The van der Waals surface area contributed by atoms with Crippen molar-refractivity contribution in [1.29, 1.82) is 0 Å². The number of hydrogen-bond donors (Lipinski definition) is 1. The number of nitrogen functional groups attached to an aromatic ring is 1. The monoisotopic (exact) mass is 208 g/mol. The number of pyridine rings is 1. The van der Waals surface area contributed by atoms with Gasteiger partial charge in [0.15, 0.2) is 0 Å². The van der Waals surface area contributed by atoms with E-state index >= 15 is 0 Å². The summed E-state index contributed by atoms with van der Waals surface area (Å²) in [5.41, 5.74) is 6.51. The zero-order valence-electron chi connectivity index (χ0n) is 7.40. The van der Waals surface area contributed by atoms with Gasteiger partial charge in [-0.3, -0.25) is 0 Å². The predicted molar refractivity (Wildman–Crippen MR) is 55.7 cm³/mol. The Hall–Kier alpha value is -1.42. The van der Waals surface area contributed by atoms with Gasteiger partial charge in [-0.25, -0.2) is 9.37 Å². The Labute approximate surface area is 85.2 Å². The molecule has 0 aliphatic carbocycles. The van der Waals surface area contributed by atoms with Gasteiger partial charge >= 0.3 is 0 Å². The van der Waals surface area contributed by atoms with Crippen molar-refractivity contribution in [3.8, 4) is 0 Å². The van der Waals surface area contributed by atoms with Crippen LogP contribution in [0.4, 0.5) is 10.2 Å². The highest BCUT2D eigenvalue weighted by atomic mass is 32.1. The first-order valence-electron chi connectivity index (χ1n) is 4.18. The maximum atomic E-state index is 13.1. The second-order valence-electron chi connectivity index (χ2n) is 2.96. The van der Waals surface area contributed by atoms with Crippen molar-refractivity contribution < 1.29 is 4.39 Å². The van der Waals surface area contributed by atoms with Crippen LogP contribution < -0.4 is 5.73 Å². The van der Waals surface area contributed by atoms with Gasteiger partial charge in [0.05, 0.1) is 0 Å². The third-order valence-corrected chi connectivity index (χ3v) is 2.80. The van der Waals surface area contributed by atoms with Crippen LogP contribution in [0, 0.1) is 5.82 Å². The van der Waals surface area contributed by atoms with Crippen molar-refractivity contribution in [3.63, 3.8) is 0 Å². The zero-order valence-corrected chi connectivity index (χ0v) is 8.22. The Morgan fingerprint density at radius 2 is 2.29 bits per heavy atom. The van der Waals surface area contributed by atoms with Crippen molar-refractivity contribution in [3.05, 3.63) is 46.0 Å². The van der Waals surface area contributed by atoms with Crippen LogP contribution in [0.3, 0.4) is 0 Å². The first-order valence-corrected chi connectivity index (χ1v) is 5.06. The Morgan fingerprint density at radius 3 is 2.93 bits per heavy atom. The molecule has 2 N–H and O–H groups in total. The molecule has 0 aliphatic rings. The van der Waals surface area contributed by atoms with Crippen LogP contribution in [-0.2, 0) is 6.42 Å². The lowest BCUT2D eigenvalue weighted by Crippen LogP contribution is -1.93. The highest BCUT2D eigenvalue weighted by molar-refractivity contribution is 7.09. The van der Waals surface area contributed by atoms with Gasteiger partial charge in [0.2, 0.25) is 0 Å². The van der Waals surface area contributed by atoms with Crippen molar-refractivity contribution in [2.24, 2.45) is 0 Å². The smallest absolute Gasteiger partial charge is 0.137 e. The Balaban J connectivity index is 2.23. The van der Waals surface area contributed by atoms with Gasteiger partial charge in [-0.1, -0.05) is 0 Å². The van der Waals surface area contributed by atoms with Crippen molar-refractivity contribution in [1.82, 2.24) is 4.98 Å². The van der Waals surface area contributed by atoms with Crippen LogP contribution in [0.25, 0.3) is 0 Å². The van der Waals surface area contributed by atoms with Gasteiger partial charge in [0.1, 0.15) is 11.6 Å². The van der Waals surface area contributed by atoms with E-state index in [-0.39, 0.29) is 5.82 Å². The minimum absolute atomic E-state index is 0.148. The number of rotatable bonds is 2. The lowest BCUT2D eigenvalue weighted by atomic mass is 10.1. The van der Waals surface area contributed by atoms with E-state index in [9.17, 15) is 4.39 Å². The molecular weight excluding hydrogens is 199 g/mol. The van der Waals surface area contributed by atoms with Gasteiger partial charge in [-0.15, -0.1) is 11.3 Å². The van der Waals surface area contributed by atoms with E-state index in [2.05, 4.69) is 4.98 Å². The number of hydrogen-bond acceptors (Lipinski definition) is 3. The molecule has 0 bridgehead atoms. The summed E-state index contributed by atoms with van der Waals surface area (Å²) in [5, 5.41) is 1.75. The Kier molecular flexibility index (Phi) is 2.45. The van der Waals surface area contributed by atoms with Crippen LogP contribution in [0.1, 0.15) is 10.4 Å². The fourth-order valence-electron chi connectivity index (χ4n) is 1.24. The molecule has 0 radical (unpaired) electrons. The second kappa shape index (κ2) is 3.75. The molecular formula is C10H9FN2S. The fraction of sp³-hybridized carbons (Fsp3) is 0.100. The van der Waals surface area contributed by atoms with Gasteiger partial charge in [0.25, 0.3) is 0 Å². The summed E-state index contributed by atoms with van der Waals surface area (Å²) in [7, 11) is 0. The molecule has 0 aliphatic heterocycles. The minimum atomic E-state index is -0.148. The average Bonchev–Trinajstić information content (AvgIpc) is 2.52. The largest absolute Gasteiger partial charge is 0.384 e. The number of anilines is 1. The van der Waals surface area contributed by atoms with Crippen LogP contribution in [0.5, 0.6) is 0 Å². The molecule has 4 heteroatoms. The van der Waals surface area contributed by atoms with E-state index < -0.39 is 0 Å². The van der Waals surface area contributed by atoms with Gasteiger partial charge < -0.3 is 5.73 Å². The molecule has 2 heterocycles. The van der Waals surface area contributed by atoms with E-state index in [4.69, 9.17) is 5.73 Å². The summed E-state index contributed by atoms with van der Waals surface area (Å²) in [4.78, 5) is 4.61. The number of halogens is 1. The highest BCUT2D eigenvalue weighted by Gasteiger charge is 2.04. The highest BCUT2D eigenvalue weighted by Crippen LogP contribution is 2.19. The van der Waals surface area contributed by atoms with Gasteiger partial charge in [-0.2, -0.15) is 0 Å². The third-order valence-electron chi connectivity index (χ3n) is 1.90. The molecule has 14 heavy (non-hydrogen) atoms. The summed E-state index contributed by atoms with van der Waals surface area (Å²) in [5.74, 6) is 0.324. The molecule has 0 unspecified atom stereocenters. The van der Waals surface area contributed by atoms with E-state index in [1.54, 1.807) is 17.6 Å². The molecule has 0 spiro atoms. The molecule has 72 valence electrons. The fourth-order valence-corrected chi connectivity index (χ4v) is 2.02. The SMILES string of the molecule is Nc1cc(Cc2sccc2F)ccn1. The lowest BCUT2D eigenvalue weighted by molar-refractivity contribution is 0.622. The number of thiophene rings is 1. The Bertz CT molecular complexity index is 439. The normalized spacial score (nSPS) is 10.4. The Morgan fingerprint density at radius 1 is 1.43 bits per heavy atom. The second-order valence-corrected chi connectivity index (χ2v) is 3.96. The summed E-state index contributed by atoms with van der Waals surface area (Å²) in [6.45, 7) is 0. The number of nitrogens with two attached hydrogens (primary N) is 1. The zero-order chi connectivity index (χ0) is 9.97. The molecule has 2 nitrogen and oxygen atoms in total. The van der Waals surface area contributed by atoms with E-state index in [0.717, 1.165) is 10.4 Å². The first-order chi connectivity index (χ1) is 6.75. The molecule has 0 atom stereocenters. The molecule has 0 saturated heterocycles. The molecule has 0 aromatic carbocycles. The minimum Gasteiger partial charge on any atom is -0.384 e. The maximum absolute atomic E-state index is 13.1. The standard InChI is InChI=1S/C10H9FN2S/c11-8-2-4-14-9(8)5-7-1-3-13-10(12)6-7/h1-4,6H,5H2,(H2,12,13). The first kappa shape index (κ1) is 9.15. The molecule has 2 rings (SSSR count). The third kappa shape index (κ3) is 1.90. The summed E-state index contributed by atoms with van der Waals surface area (Å²) < 4.78 is 13.1. The van der Waals surface area contributed by atoms with Gasteiger partial charge in [0, 0.05) is 17.5 Å². The van der Waals surface area contributed by atoms with E-state index in [1.807, 2.05) is 6.07 Å². The molecule has 0 fully saturated rings.